The molecule has 4 heteroatoms. The zero-order valence-electron chi connectivity index (χ0n) is 12.9. The Balaban J connectivity index is 1.42. The van der Waals surface area contributed by atoms with Crippen molar-refractivity contribution in [2.45, 2.75) is 6.42 Å². The van der Waals surface area contributed by atoms with Gasteiger partial charge in [0.05, 0.1) is 0 Å². The SMILES string of the molecule is O=C(c1ccc(Cc2ccc(C(=O)N3CC3)cc2)cc1)N1CC1. The zero-order chi connectivity index (χ0) is 15.8. The summed E-state index contributed by atoms with van der Waals surface area (Å²) in [6.07, 6.45) is 0.802. The molecule has 2 saturated heterocycles. The first-order valence-electron chi connectivity index (χ1n) is 7.97. The Kier molecular flexibility index (Phi) is 3.37. The second-order valence-corrected chi connectivity index (χ2v) is 6.16. The van der Waals surface area contributed by atoms with Crippen molar-refractivity contribution in [2.24, 2.45) is 0 Å². The van der Waals surface area contributed by atoms with Crippen molar-refractivity contribution in [3.63, 3.8) is 0 Å². The lowest BCUT2D eigenvalue weighted by Crippen LogP contribution is -2.10. The van der Waals surface area contributed by atoms with E-state index in [9.17, 15) is 9.59 Å². The van der Waals surface area contributed by atoms with Gasteiger partial charge in [-0.2, -0.15) is 0 Å². The van der Waals surface area contributed by atoms with Crippen LogP contribution in [0, 0.1) is 0 Å². The summed E-state index contributed by atoms with van der Waals surface area (Å²) in [4.78, 5) is 27.5. The van der Waals surface area contributed by atoms with Crippen LogP contribution >= 0.6 is 0 Å². The highest BCUT2D eigenvalue weighted by atomic mass is 16.2. The van der Waals surface area contributed by atoms with Crippen molar-refractivity contribution in [2.75, 3.05) is 26.2 Å². The summed E-state index contributed by atoms with van der Waals surface area (Å²) in [5.74, 6) is 0.240. The topological polar surface area (TPSA) is 40.2 Å². The minimum Gasteiger partial charge on any atom is -0.335 e. The molecule has 0 aromatic heterocycles. The summed E-state index contributed by atoms with van der Waals surface area (Å²) in [5, 5.41) is 0. The van der Waals surface area contributed by atoms with Crippen molar-refractivity contribution in [1.82, 2.24) is 9.80 Å². The second kappa shape index (κ2) is 5.54. The highest BCUT2D eigenvalue weighted by Gasteiger charge is 2.25. The summed E-state index contributed by atoms with van der Waals surface area (Å²) in [6, 6.07) is 15.6. The molecular weight excluding hydrogens is 288 g/mol. The lowest BCUT2D eigenvalue weighted by molar-refractivity contribution is 0.0877. The van der Waals surface area contributed by atoms with Gasteiger partial charge in [0.2, 0.25) is 0 Å². The summed E-state index contributed by atoms with van der Waals surface area (Å²) >= 11 is 0. The van der Waals surface area contributed by atoms with E-state index in [1.807, 2.05) is 58.3 Å². The molecule has 2 heterocycles. The number of hydrogen-bond acceptors (Lipinski definition) is 2. The second-order valence-electron chi connectivity index (χ2n) is 6.16. The maximum absolute atomic E-state index is 11.9. The standard InChI is InChI=1S/C19H18N2O2/c22-18(20-9-10-20)16-5-1-14(2-6-16)13-15-3-7-17(8-4-15)19(23)21-11-12-21/h1-8H,9-13H2. The quantitative estimate of drug-likeness (QED) is 0.812. The van der Waals surface area contributed by atoms with Crippen LogP contribution in [0.15, 0.2) is 48.5 Å². The van der Waals surface area contributed by atoms with E-state index < -0.39 is 0 Å². The van der Waals surface area contributed by atoms with E-state index in [1.165, 1.54) is 0 Å². The van der Waals surface area contributed by atoms with Gasteiger partial charge in [-0.15, -0.1) is 0 Å². The van der Waals surface area contributed by atoms with E-state index in [4.69, 9.17) is 0 Å². The molecule has 0 N–H and O–H groups in total. The van der Waals surface area contributed by atoms with Crippen LogP contribution in [0.3, 0.4) is 0 Å². The molecule has 2 amide bonds. The zero-order valence-corrected chi connectivity index (χ0v) is 12.9. The van der Waals surface area contributed by atoms with Crippen LogP contribution in [0.5, 0.6) is 0 Å². The summed E-state index contributed by atoms with van der Waals surface area (Å²) < 4.78 is 0. The highest BCUT2D eigenvalue weighted by molar-refractivity contribution is 5.96. The summed E-state index contributed by atoms with van der Waals surface area (Å²) in [5.41, 5.74) is 3.84. The predicted molar refractivity (Wildman–Crippen MR) is 87.5 cm³/mol. The van der Waals surface area contributed by atoms with E-state index in [0.29, 0.717) is 0 Å². The van der Waals surface area contributed by atoms with Gasteiger partial charge in [0, 0.05) is 37.3 Å². The van der Waals surface area contributed by atoms with Gasteiger partial charge in [-0.1, -0.05) is 24.3 Å². The van der Waals surface area contributed by atoms with Crippen molar-refractivity contribution in [1.29, 1.82) is 0 Å². The molecule has 2 aliphatic rings. The normalized spacial score (nSPS) is 15.5. The van der Waals surface area contributed by atoms with Crippen LogP contribution in [0.2, 0.25) is 0 Å². The predicted octanol–water partition coefficient (Wildman–Crippen LogP) is 2.19. The number of carbonyl (C=O) groups excluding carboxylic acids is 2. The van der Waals surface area contributed by atoms with Gasteiger partial charge in [-0.05, 0) is 41.8 Å². The maximum atomic E-state index is 11.9. The van der Waals surface area contributed by atoms with Gasteiger partial charge in [0.15, 0.2) is 0 Å². The number of nitrogens with zero attached hydrogens (tertiary/aromatic N) is 2. The van der Waals surface area contributed by atoms with Crippen LogP contribution in [0.1, 0.15) is 31.8 Å². The molecule has 0 saturated carbocycles. The Bertz CT molecular complexity index is 676. The number of benzene rings is 2. The van der Waals surface area contributed by atoms with Crippen molar-refractivity contribution >= 4 is 11.8 Å². The molecular formula is C19H18N2O2. The third kappa shape index (κ3) is 3.11. The molecule has 0 aliphatic carbocycles. The lowest BCUT2D eigenvalue weighted by atomic mass is 10.0. The van der Waals surface area contributed by atoms with Crippen LogP contribution < -0.4 is 0 Å². The first kappa shape index (κ1) is 14.0. The van der Waals surface area contributed by atoms with Crippen LogP contribution in [0.4, 0.5) is 0 Å². The molecule has 0 bridgehead atoms. The summed E-state index contributed by atoms with van der Waals surface area (Å²) in [7, 11) is 0. The number of carbonyl (C=O) groups is 2. The molecule has 2 aromatic carbocycles. The average Bonchev–Trinajstić information content (AvgIpc) is 3.48. The van der Waals surface area contributed by atoms with Crippen LogP contribution in [-0.2, 0) is 6.42 Å². The van der Waals surface area contributed by atoms with E-state index in [1.54, 1.807) is 0 Å². The van der Waals surface area contributed by atoms with Gasteiger partial charge < -0.3 is 9.80 Å². The van der Waals surface area contributed by atoms with Gasteiger partial charge in [0.25, 0.3) is 11.8 Å². The van der Waals surface area contributed by atoms with Crippen LogP contribution in [0.25, 0.3) is 0 Å². The molecule has 4 rings (SSSR count). The average molecular weight is 306 g/mol. The van der Waals surface area contributed by atoms with Crippen LogP contribution in [-0.4, -0.2) is 47.8 Å². The summed E-state index contributed by atoms with van der Waals surface area (Å²) in [6.45, 7) is 3.51. The van der Waals surface area contributed by atoms with Gasteiger partial charge in [0.1, 0.15) is 0 Å². The van der Waals surface area contributed by atoms with Crippen molar-refractivity contribution in [3.05, 3.63) is 70.8 Å². The molecule has 2 aromatic rings. The van der Waals surface area contributed by atoms with Gasteiger partial charge in [-0.3, -0.25) is 9.59 Å². The number of rotatable bonds is 4. The van der Waals surface area contributed by atoms with Crippen molar-refractivity contribution < 1.29 is 9.59 Å². The van der Waals surface area contributed by atoms with Gasteiger partial charge >= 0.3 is 0 Å². The molecule has 2 fully saturated rings. The molecule has 4 nitrogen and oxygen atoms in total. The minimum absolute atomic E-state index is 0.120. The van der Waals surface area contributed by atoms with E-state index in [0.717, 1.165) is 54.9 Å². The molecule has 116 valence electrons. The Labute approximate surface area is 135 Å². The van der Waals surface area contributed by atoms with E-state index in [2.05, 4.69) is 0 Å². The monoisotopic (exact) mass is 306 g/mol. The molecule has 23 heavy (non-hydrogen) atoms. The fourth-order valence-corrected chi connectivity index (χ4v) is 2.64. The fraction of sp³-hybridized carbons (Fsp3) is 0.263. The Morgan fingerprint density at radius 1 is 0.652 bits per heavy atom. The minimum atomic E-state index is 0.120. The molecule has 2 aliphatic heterocycles. The van der Waals surface area contributed by atoms with Gasteiger partial charge in [-0.25, -0.2) is 0 Å². The van der Waals surface area contributed by atoms with Crippen molar-refractivity contribution in [3.8, 4) is 0 Å². The Morgan fingerprint density at radius 3 is 1.30 bits per heavy atom. The van der Waals surface area contributed by atoms with E-state index >= 15 is 0 Å². The molecule has 0 unspecified atom stereocenters. The third-order valence-electron chi connectivity index (χ3n) is 4.28. The Morgan fingerprint density at radius 2 is 1.00 bits per heavy atom. The first-order valence-corrected chi connectivity index (χ1v) is 7.97. The number of amides is 2. The molecule has 0 atom stereocenters. The lowest BCUT2D eigenvalue weighted by Gasteiger charge is -2.06. The fourth-order valence-electron chi connectivity index (χ4n) is 2.64. The van der Waals surface area contributed by atoms with E-state index in [-0.39, 0.29) is 11.8 Å². The highest BCUT2D eigenvalue weighted by Crippen LogP contribution is 2.17. The smallest absolute Gasteiger partial charge is 0.253 e. The molecule has 0 radical (unpaired) electrons. The maximum Gasteiger partial charge on any atom is 0.253 e. The first-order chi connectivity index (χ1) is 11.2. The molecule has 0 spiro atoms. The Hall–Kier alpha value is -2.62. The largest absolute Gasteiger partial charge is 0.335 e. The third-order valence-corrected chi connectivity index (χ3v) is 4.28. The number of hydrogen-bond donors (Lipinski definition) is 0.